The second kappa shape index (κ2) is 6.57. The minimum Gasteiger partial charge on any atom is -0.389 e. The SMILES string of the molecule is CC(O)c1ccc(NC(=O)NCCC(C)(C)C)cc1. The molecule has 0 fully saturated rings. The molecule has 0 aliphatic rings. The first-order chi connectivity index (χ1) is 8.78. The average molecular weight is 264 g/mol. The molecule has 106 valence electrons. The highest BCUT2D eigenvalue weighted by Gasteiger charge is 2.10. The number of urea groups is 1. The first-order valence-electron chi connectivity index (χ1n) is 6.61. The molecular weight excluding hydrogens is 240 g/mol. The van der Waals surface area contributed by atoms with Gasteiger partial charge in [-0.25, -0.2) is 4.79 Å². The Hall–Kier alpha value is -1.55. The van der Waals surface area contributed by atoms with Crippen molar-refractivity contribution in [3.8, 4) is 0 Å². The van der Waals surface area contributed by atoms with Crippen molar-refractivity contribution in [3.63, 3.8) is 0 Å². The zero-order valence-electron chi connectivity index (χ0n) is 12.2. The van der Waals surface area contributed by atoms with E-state index >= 15 is 0 Å². The van der Waals surface area contributed by atoms with E-state index in [9.17, 15) is 9.90 Å². The van der Waals surface area contributed by atoms with E-state index in [4.69, 9.17) is 0 Å². The summed E-state index contributed by atoms with van der Waals surface area (Å²) in [5.41, 5.74) is 1.77. The predicted octanol–water partition coefficient (Wildman–Crippen LogP) is 3.30. The van der Waals surface area contributed by atoms with Crippen molar-refractivity contribution in [2.75, 3.05) is 11.9 Å². The van der Waals surface area contributed by atoms with Gasteiger partial charge in [-0.05, 0) is 36.5 Å². The Morgan fingerprint density at radius 3 is 2.32 bits per heavy atom. The summed E-state index contributed by atoms with van der Waals surface area (Å²) in [6.07, 6.45) is 0.441. The van der Waals surface area contributed by atoms with Gasteiger partial charge in [0.2, 0.25) is 0 Å². The van der Waals surface area contributed by atoms with Crippen LogP contribution in [0.3, 0.4) is 0 Å². The highest BCUT2D eigenvalue weighted by molar-refractivity contribution is 5.89. The lowest BCUT2D eigenvalue weighted by molar-refractivity contribution is 0.199. The quantitative estimate of drug-likeness (QED) is 0.781. The molecular formula is C15H24N2O2. The van der Waals surface area contributed by atoms with Crippen LogP contribution in [0, 0.1) is 5.41 Å². The summed E-state index contributed by atoms with van der Waals surface area (Å²) >= 11 is 0. The number of carbonyl (C=O) groups is 1. The highest BCUT2D eigenvalue weighted by Crippen LogP contribution is 2.17. The Bertz CT molecular complexity index is 405. The van der Waals surface area contributed by atoms with Gasteiger partial charge in [0.25, 0.3) is 0 Å². The molecule has 1 aromatic carbocycles. The van der Waals surface area contributed by atoms with E-state index in [1.807, 2.05) is 0 Å². The smallest absolute Gasteiger partial charge is 0.319 e. The zero-order chi connectivity index (χ0) is 14.5. The van der Waals surface area contributed by atoms with E-state index in [1.165, 1.54) is 0 Å². The van der Waals surface area contributed by atoms with Gasteiger partial charge in [0.05, 0.1) is 6.10 Å². The third kappa shape index (κ3) is 6.25. The van der Waals surface area contributed by atoms with E-state index in [0.717, 1.165) is 17.7 Å². The van der Waals surface area contributed by atoms with E-state index < -0.39 is 6.10 Å². The molecule has 0 bridgehead atoms. The number of aliphatic hydroxyl groups excluding tert-OH is 1. The van der Waals surface area contributed by atoms with E-state index in [2.05, 4.69) is 31.4 Å². The Morgan fingerprint density at radius 2 is 1.84 bits per heavy atom. The molecule has 0 spiro atoms. The number of aliphatic hydroxyl groups is 1. The van der Waals surface area contributed by atoms with Crippen molar-refractivity contribution in [1.29, 1.82) is 0 Å². The third-order valence-corrected chi connectivity index (χ3v) is 2.81. The molecule has 2 amide bonds. The summed E-state index contributed by atoms with van der Waals surface area (Å²) in [6, 6.07) is 6.97. The minimum absolute atomic E-state index is 0.200. The van der Waals surface area contributed by atoms with Crippen LogP contribution in [-0.4, -0.2) is 17.7 Å². The van der Waals surface area contributed by atoms with Crippen LogP contribution in [0.2, 0.25) is 0 Å². The summed E-state index contributed by atoms with van der Waals surface area (Å²) in [5, 5.41) is 15.0. The molecule has 1 rings (SSSR count). The number of amides is 2. The minimum atomic E-state index is -0.491. The molecule has 1 atom stereocenters. The van der Waals surface area contributed by atoms with E-state index in [1.54, 1.807) is 31.2 Å². The number of nitrogens with one attached hydrogen (secondary N) is 2. The van der Waals surface area contributed by atoms with Crippen molar-refractivity contribution in [2.45, 2.75) is 40.2 Å². The highest BCUT2D eigenvalue weighted by atomic mass is 16.3. The maximum absolute atomic E-state index is 11.6. The van der Waals surface area contributed by atoms with Crippen LogP contribution >= 0.6 is 0 Å². The maximum atomic E-state index is 11.6. The van der Waals surface area contributed by atoms with Gasteiger partial charge in [-0.15, -0.1) is 0 Å². The van der Waals surface area contributed by atoms with Gasteiger partial charge in [-0.3, -0.25) is 0 Å². The van der Waals surface area contributed by atoms with Gasteiger partial charge in [0.15, 0.2) is 0 Å². The number of anilines is 1. The molecule has 3 N–H and O–H groups in total. The van der Waals surface area contributed by atoms with Crippen molar-refractivity contribution in [3.05, 3.63) is 29.8 Å². The molecule has 0 saturated carbocycles. The fourth-order valence-corrected chi connectivity index (χ4v) is 1.57. The maximum Gasteiger partial charge on any atom is 0.319 e. The number of benzene rings is 1. The number of hydrogen-bond acceptors (Lipinski definition) is 2. The summed E-state index contributed by atoms with van der Waals surface area (Å²) < 4.78 is 0. The average Bonchev–Trinajstić information content (AvgIpc) is 2.27. The van der Waals surface area contributed by atoms with Gasteiger partial charge < -0.3 is 15.7 Å². The molecule has 0 aliphatic heterocycles. The van der Waals surface area contributed by atoms with Crippen LogP contribution in [0.1, 0.15) is 45.8 Å². The predicted molar refractivity (Wildman–Crippen MR) is 78.2 cm³/mol. The monoisotopic (exact) mass is 264 g/mol. The first-order valence-corrected chi connectivity index (χ1v) is 6.61. The van der Waals surface area contributed by atoms with E-state index in [0.29, 0.717) is 6.54 Å². The lowest BCUT2D eigenvalue weighted by Crippen LogP contribution is -2.31. The summed E-state index contributed by atoms with van der Waals surface area (Å²) in [7, 11) is 0. The van der Waals surface area contributed by atoms with Gasteiger partial charge in [0, 0.05) is 12.2 Å². The van der Waals surface area contributed by atoms with Crippen molar-refractivity contribution < 1.29 is 9.90 Å². The molecule has 1 unspecified atom stereocenters. The standard InChI is InChI=1S/C15H24N2O2/c1-11(18)12-5-7-13(8-6-12)17-14(19)16-10-9-15(2,3)4/h5-8,11,18H,9-10H2,1-4H3,(H2,16,17,19). The number of rotatable bonds is 4. The molecule has 4 nitrogen and oxygen atoms in total. The fraction of sp³-hybridized carbons (Fsp3) is 0.533. The zero-order valence-corrected chi connectivity index (χ0v) is 12.2. The third-order valence-electron chi connectivity index (χ3n) is 2.81. The summed E-state index contributed by atoms with van der Waals surface area (Å²) in [5.74, 6) is 0. The molecule has 0 aliphatic carbocycles. The Labute approximate surface area is 115 Å². The Kier molecular flexibility index (Phi) is 5.36. The summed E-state index contributed by atoms with van der Waals surface area (Å²) in [6.45, 7) is 8.78. The van der Waals surface area contributed by atoms with Gasteiger partial charge in [0.1, 0.15) is 0 Å². The first kappa shape index (κ1) is 15.5. The molecule has 1 aromatic rings. The Balaban J connectivity index is 2.40. The summed E-state index contributed by atoms with van der Waals surface area (Å²) in [4.78, 5) is 11.6. The molecule has 0 radical (unpaired) electrons. The lowest BCUT2D eigenvalue weighted by Gasteiger charge is -2.18. The molecule has 4 heteroatoms. The van der Waals surface area contributed by atoms with Gasteiger partial charge >= 0.3 is 6.03 Å². The molecule has 19 heavy (non-hydrogen) atoms. The van der Waals surface area contributed by atoms with Crippen LogP contribution < -0.4 is 10.6 Å². The van der Waals surface area contributed by atoms with Crippen LogP contribution in [-0.2, 0) is 0 Å². The van der Waals surface area contributed by atoms with Crippen LogP contribution in [0.4, 0.5) is 10.5 Å². The fourth-order valence-electron chi connectivity index (χ4n) is 1.57. The van der Waals surface area contributed by atoms with Crippen molar-refractivity contribution >= 4 is 11.7 Å². The van der Waals surface area contributed by atoms with Crippen molar-refractivity contribution in [1.82, 2.24) is 5.32 Å². The number of carbonyl (C=O) groups excluding carboxylic acids is 1. The van der Waals surface area contributed by atoms with Crippen LogP contribution in [0.5, 0.6) is 0 Å². The lowest BCUT2D eigenvalue weighted by atomic mass is 9.92. The molecule has 0 aromatic heterocycles. The van der Waals surface area contributed by atoms with Gasteiger partial charge in [-0.2, -0.15) is 0 Å². The van der Waals surface area contributed by atoms with E-state index in [-0.39, 0.29) is 11.4 Å². The van der Waals surface area contributed by atoms with Gasteiger partial charge in [-0.1, -0.05) is 32.9 Å². The van der Waals surface area contributed by atoms with Crippen LogP contribution in [0.25, 0.3) is 0 Å². The van der Waals surface area contributed by atoms with Crippen molar-refractivity contribution in [2.24, 2.45) is 5.41 Å². The second-order valence-electron chi connectivity index (χ2n) is 5.99. The topological polar surface area (TPSA) is 61.4 Å². The Morgan fingerprint density at radius 1 is 1.26 bits per heavy atom. The molecule has 0 saturated heterocycles. The van der Waals surface area contributed by atoms with Crippen LogP contribution in [0.15, 0.2) is 24.3 Å². The molecule has 0 heterocycles. The largest absolute Gasteiger partial charge is 0.389 e. The normalized spacial score (nSPS) is 12.9. The number of hydrogen-bond donors (Lipinski definition) is 3. The second-order valence-corrected chi connectivity index (χ2v) is 5.99.